The lowest BCUT2D eigenvalue weighted by Gasteiger charge is -2.18. The highest BCUT2D eigenvalue weighted by atomic mass is 79.9. The number of ether oxygens (including phenoxy) is 1. The molecule has 0 aliphatic heterocycles. The Hall–Kier alpha value is -1.10. The van der Waals surface area contributed by atoms with Crippen LogP contribution in [-0.4, -0.2) is 19.1 Å². The standard InChI is InChI=1S/C14H14BrClN2O/c1-17-14(10-5-11(15)8-18-7-10)9-3-4-13(19-2)12(16)6-9/h3-8,14,17H,1-2H3. The van der Waals surface area contributed by atoms with E-state index in [1.165, 1.54) is 0 Å². The zero-order chi connectivity index (χ0) is 13.8. The van der Waals surface area contributed by atoms with E-state index in [9.17, 15) is 0 Å². The third-order valence-corrected chi connectivity index (χ3v) is 3.59. The van der Waals surface area contributed by atoms with Crippen molar-refractivity contribution >= 4 is 27.5 Å². The molecule has 0 aliphatic rings. The van der Waals surface area contributed by atoms with Gasteiger partial charge in [0.15, 0.2) is 0 Å². The topological polar surface area (TPSA) is 34.2 Å². The number of halogens is 2. The number of methoxy groups -OCH3 is 1. The molecule has 100 valence electrons. The maximum Gasteiger partial charge on any atom is 0.137 e. The lowest BCUT2D eigenvalue weighted by molar-refractivity contribution is 0.414. The molecule has 0 amide bonds. The van der Waals surface area contributed by atoms with Crippen LogP contribution in [0.25, 0.3) is 0 Å². The SMILES string of the molecule is CNC(c1cncc(Br)c1)c1ccc(OC)c(Cl)c1. The Morgan fingerprint density at radius 3 is 2.63 bits per heavy atom. The largest absolute Gasteiger partial charge is 0.495 e. The van der Waals surface area contributed by atoms with E-state index < -0.39 is 0 Å². The van der Waals surface area contributed by atoms with Crippen molar-refractivity contribution in [1.82, 2.24) is 10.3 Å². The number of nitrogens with one attached hydrogen (secondary N) is 1. The Morgan fingerprint density at radius 2 is 2.05 bits per heavy atom. The Bertz CT molecular complexity index is 577. The predicted octanol–water partition coefficient (Wildman–Crippen LogP) is 3.81. The number of hydrogen-bond acceptors (Lipinski definition) is 3. The van der Waals surface area contributed by atoms with Crippen molar-refractivity contribution in [3.63, 3.8) is 0 Å². The smallest absolute Gasteiger partial charge is 0.137 e. The monoisotopic (exact) mass is 340 g/mol. The minimum absolute atomic E-state index is 0.0356. The Balaban J connectivity index is 2.39. The van der Waals surface area contributed by atoms with Gasteiger partial charge in [0.05, 0.1) is 18.2 Å². The van der Waals surface area contributed by atoms with Crippen LogP contribution in [0.1, 0.15) is 17.2 Å². The summed E-state index contributed by atoms with van der Waals surface area (Å²) >= 11 is 9.60. The van der Waals surface area contributed by atoms with Crippen LogP contribution in [0.2, 0.25) is 5.02 Å². The molecular formula is C14H14BrClN2O. The molecule has 19 heavy (non-hydrogen) atoms. The summed E-state index contributed by atoms with van der Waals surface area (Å²) in [5.41, 5.74) is 2.13. The van der Waals surface area contributed by atoms with Crippen molar-refractivity contribution in [1.29, 1.82) is 0 Å². The molecule has 1 atom stereocenters. The highest BCUT2D eigenvalue weighted by Crippen LogP contribution is 2.30. The fraction of sp³-hybridized carbons (Fsp3) is 0.214. The van der Waals surface area contributed by atoms with Gasteiger partial charge in [-0.2, -0.15) is 0 Å². The molecule has 1 aromatic carbocycles. The molecule has 0 fully saturated rings. The summed E-state index contributed by atoms with van der Waals surface area (Å²) in [5.74, 6) is 0.674. The van der Waals surface area contributed by atoms with Gasteiger partial charge >= 0.3 is 0 Å². The van der Waals surface area contributed by atoms with Crippen LogP contribution in [-0.2, 0) is 0 Å². The Kier molecular flexibility index (Phi) is 4.80. The second kappa shape index (κ2) is 6.37. The molecule has 5 heteroatoms. The molecule has 0 spiro atoms. The van der Waals surface area contributed by atoms with Crippen molar-refractivity contribution in [2.45, 2.75) is 6.04 Å². The first-order valence-corrected chi connectivity index (χ1v) is 6.94. The van der Waals surface area contributed by atoms with E-state index >= 15 is 0 Å². The minimum atomic E-state index is 0.0356. The van der Waals surface area contributed by atoms with Gasteiger partial charge in [-0.15, -0.1) is 0 Å². The maximum atomic E-state index is 6.17. The number of pyridine rings is 1. The molecule has 1 heterocycles. The molecule has 0 saturated carbocycles. The number of aromatic nitrogens is 1. The third kappa shape index (κ3) is 3.26. The zero-order valence-electron chi connectivity index (χ0n) is 10.7. The van der Waals surface area contributed by atoms with E-state index in [4.69, 9.17) is 16.3 Å². The number of benzene rings is 1. The van der Waals surface area contributed by atoms with Crippen LogP contribution < -0.4 is 10.1 Å². The first kappa shape index (κ1) is 14.3. The zero-order valence-corrected chi connectivity index (χ0v) is 13.0. The van der Waals surface area contributed by atoms with Crippen molar-refractivity contribution in [2.75, 3.05) is 14.2 Å². The summed E-state index contributed by atoms with van der Waals surface area (Å²) in [7, 11) is 3.51. The van der Waals surface area contributed by atoms with Crippen molar-refractivity contribution in [3.8, 4) is 5.75 Å². The average molecular weight is 342 g/mol. The lowest BCUT2D eigenvalue weighted by Crippen LogP contribution is -2.17. The van der Waals surface area contributed by atoms with Crippen LogP contribution in [0.5, 0.6) is 5.75 Å². The van der Waals surface area contributed by atoms with Gasteiger partial charge in [-0.1, -0.05) is 17.7 Å². The normalized spacial score (nSPS) is 12.2. The fourth-order valence-electron chi connectivity index (χ4n) is 1.97. The minimum Gasteiger partial charge on any atom is -0.495 e. The molecule has 0 bridgehead atoms. The van der Waals surface area contributed by atoms with Gasteiger partial charge < -0.3 is 10.1 Å². The molecule has 2 rings (SSSR count). The first-order chi connectivity index (χ1) is 9.15. The summed E-state index contributed by atoms with van der Waals surface area (Å²) in [5, 5.41) is 3.87. The Labute approximate surface area is 126 Å². The van der Waals surface area contributed by atoms with Gasteiger partial charge in [-0.05, 0) is 52.3 Å². The molecule has 1 aromatic heterocycles. The van der Waals surface area contributed by atoms with E-state index in [0.717, 1.165) is 15.6 Å². The van der Waals surface area contributed by atoms with Crippen LogP contribution in [0, 0.1) is 0 Å². The van der Waals surface area contributed by atoms with Gasteiger partial charge in [0.1, 0.15) is 5.75 Å². The number of hydrogen-bond donors (Lipinski definition) is 1. The highest BCUT2D eigenvalue weighted by molar-refractivity contribution is 9.10. The Morgan fingerprint density at radius 1 is 1.26 bits per heavy atom. The quantitative estimate of drug-likeness (QED) is 0.918. The maximum absolute atomic E-state index is 6.17. The molecule has 3 nitrogen and oxygen atoms in total. The van der Waals surface area contributed by atoms with Crippen molar-refractivity contribution < 1.29 is 4.74 Å². The molecule has 0 aliphatic carbocycles. The molecule has 0 radical (unpaired) electrons. The molecule has 0 saturated heterocycles. The van der Waals surface area contributed by atoms with E-state index in [2.05, 4.69) is 26.2 Å². The van der Waals surface area contributed by atoms with Gasteiger partial charge in [0, 0.05) is 16.9 Å². The summed E-state index contributed by atoms with van der Waals surface area (Å²) in [6.45, 7) is 0. The fourth-order valence-corrected chi connectivity index (χ4v) is 2.62. The van der Waals surface area contributed by atoms with Gasteiger partial charge in [-0.25, -0.2) is 0 Å². The van der Waals surface area contributed by atoms with Gasteiger partial charge in [-0.3, -0.25) is 4.98 Å². The second-order valence-corrected chi connectivity index (χ2v) is 5.38. The number of rotatable bonds is 4. The molecule has 1 N–H and O–H groups in total. The summed E-state index contributed by atoms with van der Waals surface area (Å²) in [6, 6.07) is 7.84. The van der Waals surface area contributed by atoms with Crippen molar-refractivity contribution in [2.24, 2.45) is 0 Å². The van der Waals surface area contributed by atoms with Gasteiger partial charge in [0.2, 0.25) is 0 Å². The van der Waals surface area contributed by atoms with E-state index in [1.54, 1.807) is 13.3 Å². The summed E-state index contributed by atoms with van der Waals surface area (Å²) < 4.78 is 6.11. The average Bonchev–Trinajstić information content (AvgIpc) is 2.40. The van der Waals surface area contributed by atoms with E-state index in [0.29, 0.717) is 10.8 Å². The highest BCUT2D eigenvalue weighted by Gasteiger charge is 2.14. The predicted molar refractivity (Wildman–Crippen MR) is 80.8 cm³/mol. The van der Waals surface area contributed by atoms with E-state index in [-0.39, 0.29) is 6.04 Å². The summed E-state index contributed by atoms with van der Waals surface area (Å²) in [4.78, 5) is 4.19. The molecule has 2 aromatic rings. The number of nitrogens with zero attached hydrogens (tertiary/aromatic N) is 1. The van der Waals surface area contributed by atoms with Crippen LogP contribution in [0.4, 0.5) is 0 Å². The first-order valence-electron chi connectivity index (χ1n) is 5.77. The summed E-state index contributed by atoms with van der Waals surface area (Å²) in [6.07, 6.45) is 3.60. The van der Waals surface area contributed by atoms with Crippen molar-refractivity contribution in [3.05, 3.63) is 57.3 Å². The van der Waals surface area contributed by atoms with Crippen LogP contribution in [0.15, 0.2) is 41.1 Å². The van der Waals surface area contributed by atoms with E-state index in [1.807, 2.05) is 37.5 Å². The lowest BCUT2D eigenvalue weighted by atomic mass is 10.0. The van der Waals surface area contributed by atoms with Gasteiger partial charge in [0.25, 0.3) is 0 Å². The van der Waals surface area contributed by atoms with Crippen LogP contribution >= 0.6 is 27.5 Å². The molecular weight excluding hydrogens is 328 g/mol. The third-order valence-electron chi connectivity index (χ3n) is 2.86. The second-order valence-electron chi connectivity index (χ2n) is 4.05. The molecule has 1 unspecified atom stereocenters. The van der Waals surface area contributed by atoms with Crippen LogP contribution in [0.3, 0.4) is 0 Å².